The molecule has 214 valence electrons. The highest BCUT2D eigenvalue weighted by Gasteiger charge is 2.48. The minimum Gasteiger partial charge on any atom is -0.507 e. The summed E-state index contributed by atoms with van der Waals surface area (Å²) in [6.45, 7) is 7.70. The number of aliphatic hydroxyl groups excluding tert-OH is 1. The van der Waals surface area contributed by atoms with Crippen molar-refractivity contribution in [3.8, 4) is 5.75 Å². The monoisotopic (exact) mass is 582 g/mol. The molecule has 4 aromatic rings. The first-order valence-corrected chi connectivity index (χ1v) is 14.3. The van der Waals surface area contributed by atoms with Crippen molar-refractivity contribution < 1.29 is 29.0 Å². The lowest BCUT2D eigenvalue weighted by molar-refractivity contribution is -0.132. The number of aromatic nitrogens is 1. The van der Waals surface area contributed by atoms with Gasteiger partial charge in [-0.25, -0.2) is 9.78 Å². The lowest BCUT2D eigenvalue weighted by Crippen LogP contribution is -2.29. The van der Waals surface area contributed by atoms with Crippen LogP contribution in [0.1, 0.15) is 56.1 Å². The van der Waals surface area contributed by atoms with E-state index in [0.717, 1.165) is 28.0 Å². The van der Waals surface area contributed by atoms with Crippen LogP contribution < -0.4 is 9.64 Å². The van der Waals surface area contributed by atoms with Crippen molar-refractivity contribution in [3.05, 3.63) is 117 Å². The maximum absolute atomic E-state index is 13.5. The fourth-order valence-electron chi connectivity index (χ4n) is 4.81. The van der Waals surface area contributed by atoms with Crippen LogP contribution in [0.4, 0.5) is 5.13 Å². The van der Waals surface area contributed by atoms with Crippen LogP contribution >= 0.6 is 11.3 Å². The number of amides is 1. The molecule has 0 spiro atoms. The van der Waals surface area contributed by atoms with Gasteiger partial charge in [0.05, 0.1) is 23.9 Å². The van der Waals surface area contributed by atoms with Gasteiger partial charge in [0, 0.05) is 5.56 Å². The van der Waals surface area contributed by atoms with Crippen LogP contribution in [0.15, 0.2) is 78.4 Å². The second-order valence-corrected chi connectivity index (χ2v) is 10.9. The first-order chi connectivity index (χ1) is 20.2. The molecule has 1 unspecified atom stereocenters. The van der Waals surface area contributed by atoms with Crippen molar-refractivity contribution in [3.63, 3.8) is 0 Å². The summed E-state index contributed by atoms with van der Waals surface area (Å²) in [5, 5.41) is 11.7. The van der Waals surface area contributed by atoms with E-state index in [0.29, 0.717) is 29.2 Å². The van der Waals surface area contributed by atoms with Gasteiger partial charge < -0.3 is 14.6 Å². The number of hydrogen-bond donors (Lipinski definition) is 1. The van der Waals surface area contributed by atoms with E-state index in [-0.39, 0.29) is 27.9 Å². The van der Waals surface area contributed by atoms with Crippen LogP contribution in [0.2, 0.25) is 0 Å². The number of Topliss-reactive ketones (excluding diaryl/α,β-unsaturated/α-hetero) is 1. The maximum atomic E-state index is 13.5. The Bertz CT molecular complexity index is 1690. The maximum Gasteiger partial charge on any atom is 0.350 e. The van der Waals surface area contributed by atoms with Crippen molar-refractivity contribution in [1.82, 2.24) is 4.98 Å². The predicted octanol–water partition coefficient (Wildman–Crippen LogP) is 6.45. The summed E-state index contributed by atoms with van der Waals surface area (Å²) in [5.41, 5.74) is 4.08. The number of ether oxygens (including phenoxy) is 2. The van der Waals surface area contributed by atoms with E-state index in [1.54, 1.807) is 32.0 Å². The van der Waals surface area contributed by atoms with E-state index >= 15 is 0 Å². The highest BCUT2D eigenvalue weighted by Crippen LogP contribution is 2.44. The topological polar surface area (TPSA) is 106 Å². The summed E-state index contributed by atoms with van der Waals surface area (Å²) in [6, 6.07) is 21.3. The molecule has 1 fully saturated rings. The van der Waals surface area contributed by atoms with Crippen molar-refractivity contribution >= 4 is 39.9 Å². The molecule has 1 amide bonds. The molecular weight excluding hydrogens is 552 g/mol. The summed E-state index contributed by atoms with van der Waals surface area (Å²) >= 11 is 0.976. The summed E-state index contributed by atoms with van der Waals surface area (Å²) in [6.07, 6.45) is 0. The molecule has 0 saturated carbocycles. The molecule has 9 heteroatoms. The third kappa shape index (κ3) is 5.56. The number of aliphatic hydroxyl groups is 1. The zero-order chi connectivity index (χ0) is 30.0. The van der Waals surface area contributed by atoms with E-state index in [4.69, 9.17) is 9.47 Å². The summed E-state index contributed by atoms with van der Waals surface area (Å²) in [7, 11) is 0. The Kier molecular flexibility index (Phi) is 8.22. The summed E-state index contributed by atoms with van der Waals surface area (Å²) < 4.78 is 11.1. The number of ketones is 1. The first-order valence-electron chi connectivity index (χ1n) is 13.5. The molecule has 2 heterocycles. The van der Waals surface area contributed by atoms with Crippen molar-refractivity contribution in [2.24, 2.45) is 0 Å². The second-order valence-electron chi connectivity index (χ2n) is 9.97. The van der Waals surface area contributed by atoms with Crippen LogP contribution in [0.25, 0.3) is 5.76 Å². The van der Waals surface area contributed by atoms with Gasteiger partial charge in [-0.05, 0) is 62.6 Å². The number of aryl methyl sites for hydroxylation is 3. The Hall–Kier alpha value is -4.76. The third-order valence-electron chi connectivity index (χ3n) is 6.98. The van der Waals surface area contributed by atoms with Gasteiger partial charge in [-0.1, -0.05) is 71.5 Å². The number of benzene rings is 3. The molecule has 42 heavy (non-hydrogen) atoms. The zero-order valence-electron chi connectivity index (χ0n) is 23.7. The van der Waals surface area contributed by atoms with Gasteiger partial charge in [0.25, 0.3) is 5.78 Å². The van der Waals surface area contributed by atoms with Gasteiger partial charge in [-0.15, -0.1) is 0 Å². The number of carbonyl (C=O) groups is 3. The fourth-order valence-corrected chi connectivity index (χ4v) is 5.80. The molecule has 1 aromatic heterocycles. The largest absolute Gasteiger partial charge is 0.507 e. The third-order valence-corrected chi connectivity index (χ3v) is 8.11. The molecular formula is C33H30N2O6S. The normalized spacial score (nSPS) is 16.1. The van der Waals surface area contributed by atoms with Crippen molar-refractivity contribution in [2.45, 2.75) is 40.3 Å². The average Bonchev–Trinajstić information content (AvgIpc) is 3.49. The van der Waals surface area contributed by atoms with Gasteiger partial charge >= 0.3 is 11.9 Å². The Morgan fingerprint density at radius 1 is 1.00 bits per heavy atom. The Labute approximate surface area is 247 Å². The molecule has 1 aliphatic rings. The molecule has 5 rings (SSSR count). The predicted molar refractivity (Wildman–Crippen MR) is 161 cm³/mol. The molecule has 0 radical (unpaired) electrons. The summed E-state index contributed by atoms with van der Waals surface area (Å²) in [5.74, 6) is -1.91. The molecule has 0 aliphatic carbocycles. The van der Waals surface area contributed by atoms with Crippen LogP contribution in [0.5, 0.6) is 5.75 Å². The van der Waals surface area contributed by atoms with Crippen LogP contribution in [0, 0.1) is 20.8 Å². The Morgan fingerprint density at radius 2 is 1.71 bits per heavy atom. The van der Waals surface area contributed by atoms with E-state index in [2.05, 4.69) is 4.98 Å². The minimum absolute atomic E-state index is 0.0632. The minimum atomic E-state index is -0.958. The number of esters is 1. The van der Waals surface area contributed by atoms with Gasteiger partial charge in [0.15, 0.2) is 5.13 Å². The smallest absolute Gasteiger partial charge is 0.350 e. The molecule has 1 N–H and O–H groups in total. The van der Waals surface area contributed by atoms with Gasteiger partial charge in [-0.2, -0.15) is 0 Å². The molecule has 3 aromatic carbocycles. The molecule has 0 bridgehead atoms. The van der Waals surface area contributed by atoms with E-state index < -0.39 is 23.7 Å². The Morgan fingerprint density at radius 3 is 2.38 bits per heavy atom. The molecule has 1 saturated heterocycles. The van der Waals surface area contributed by atoms with Crippen molar-refractivity contribution in [1.29, 1.82) is 0 Å². The van der Waals surface area contributed by atoms with E-state index in [9.17, 15) is 19.5 Å². The lowest BCUT2D eigenvalue weighted by Gasteiger charge is -2.23. The average molecular weight is 583 g/mol. The van der Waals surface area contributed by atoms with E-state index in [1.807, 2.05) is 68.4 Å². The number of hydrogen-bond acceptors (Lipinski definition) is 8. The number of carbonyl (C=O) groups excluding carboxylic acids is 3. The fraction of sp³-hybridized carbons (Fsp3) is 0.212. The standard InChI is InChI=1S/C33H30N2O6S/c1-5-40-32(39)30-21(4)34-33(42-30)35-27(23-13-11-19(2)12-14-23)26(29(37)31(35)38)28(36)24-15-16-25(20(3)17-24)41-18-22-9-7-6-8-10-22/h6-17,27,36H,5,18H2,1-4H3. The quantitative estimate of drug-likeness (QED) is 0.110. The van der Waals surface area contributed by atoms with E-state index in [1.165, 1.54) is 4.90 Å². The Balaban J connectivity index is 1.56. The lowest BCUT2D eigenvalue weighted by atomic mass is 9.94. The zero-order valence-corrected chi connectivity index (χ0v) is 24.5. The number of nitrogens with zero attached hydrogens (tertiary/aromatic N) is 2. The van der Waals surface area contributed by atoms with Crippen molar-refractivity contribution in [2.75, 3.05) is 11.5 Å². The molecule has 1 atom stereocenters. The second kappa shape index (κ2) is 12.0. The van der Waals surface area contributed by atoms with Gasteiger partial charge in [0.2, 0.25) is 0 Å². The van der Waals surface area contributed by atoms with Gasteiger partial charge in [0.1, 0.15) is 23.0 Å². The molecule has 8 nitrogen and oxygen atoms in total. The molecule has 1 aliphatic heterocycles. The first kappa shape index (κ1) is 28.8. The SMILES string of the molecule is CCOC(=O)c1sc(N2C(=O)C(=O)C(=C(O)c3ccc(OCc4ccccc4)c(C)c3)C2c2ccc(C)cc2)nc1C. The number of rotatable bonds is 8. The van der Waals surface area contributed by atoms with Crippen LogP contribution in [-0.4, -0.2) is 34.4 Å². The highest BCUT2D eigenvalue weighted by atomic mass is 32.1. The van der Waals surface area contributed by atoms with Crippen LogP contribution in [0.3, 0.4) is 0 Å². The number of thiazole rings is 1. The summed E-state index contributed by atoms with van der Waals surface area (Å²) in [4.78, 5) is 45.5. The van der Waals surface area contributed by atoms with Crippen LogP contribution in [-0.2, 0) is 20.9 Å². The highest BCUT2D eigenvalue weighted by molar-refractivity contribution is 7.17. The number of anilines is 1. The van der Waals surface area contributed by atoms with Gasteiger partial charge in [-0.3, -0.25) is 14.5 Å².